The van der Waals surface area contributed by atoms with Crippen molar-refractivity contribution in [3.63, 3.8) is 0 Å². The van der Waals surface area contributed by atoms with Crippen molar-refractivity contribution in [2.45, 2.75) is 33.6 Å². The minimum absolute atomic E-state index is 0.0863. The Morgan fingerprint density at radius 3 is 2.59 bits per heavy atom. The zero-order chi connectivity index (χ0) is 12.7. The van der Waals surface area contributed by atoms with E-state index >= 15 is 0 Å². The maximum absolute atomic E-state index is 13.8. The fourth-order valence-corrected chi connectivity index (χ4v) is 1.94. The summed E-state index contributed by atoms with van der Waals surface area (Å²) in [5.74, 6) is 0.270. The van der Waals surface area contributed by atoms with E-state index in [2.05, 4.69) is 9.97 Å². The third-order valence-corrected chi connectivity index (χ3v) is 3.01. The quantitative estimate of drug-likeness (QED) is 0.824. The van der Waals surface area contributed by atoms with Crippen LogP contribution < -0.4 is 5.56 Å². The normalized spacial score (nSPS) is 11.4. The Balaban J connectivity index is 2.86. The number of nitrogens with zero attached hydrogens (tertiary/aromatic N) is 1. The summed E-state index contributed by atoms with van der Waals surface area (Å²) in [6, 6.07) is 1.74. The number of aromatic amines is 1. The Hall–Kier alpha value is -1.71. The van der Waals surface area contributed by atoms with Crippen molar-refractivity contribution in [3.05, 3.63) is 39.1 Å². The van der Waals surface area contributed by atoms with Crippen molar-refractivity contribution in [2.24, 2.45) is 0 Å². The van der Waals surface area contributed by atoms with E-state index in [1.54, 1.807) is 19.9 Å². The SMILES string of the molecule is Cc1[nH]c2nc(=O)c(C(C)C)cc-2c(C)c1F. The Morgan fingerprint density at radius 2 is 2.00 bits per heavy atom. The minimum Gasteiger partial charge on any atom is -0.341 e. The summed E-state index contributed by atoms with van der Waals surface area (Å²) in [4.78, 5) is 18.6. The minimum atomic E-state index is -0.271. The maximum Gasteiger partial charge on any atom is 0.275 e. The van der Waals surface area contributed by atoms with Crippen LogP contribution in [0.4, 0.5) is 4.39 Å². The summed E-state index contributed by atoms with van der Waals surface area (Å²) in [5.41, 5.74) is 1.99. The van der Waals surface area contributed by atoms with Crippen molar-refractivity contribution in [2.75, 3.05) is 0 Å². The Labute approximate surface area is 99.1 Å². The lowest BCUT2D eigenvalue weighted by molar-refractivity contribution is 0.600. The summed E-state index contributed by atoms with van der Waals surface area (Å²) >= 11 is 0. The smallest absolute Gasteiger partial charge is 0.275 e. The third kappa shape index (κ3) is 1.84. The molecular formula is C13H15FN2O. The van der Waals surface area contributed by atoms with Gasteiger partial charge in [-0.3, -0.25) is 4.79 Å². The van der Waals surface area contributed by atoms with E-state index in [4.69, 9.17) is 0 Å². The summed E-state index contributed by atoms with van der Waals surface area (Å²) in [6.07, 6.45) is 0. The average Bonchev–Trinajstić information content (AvgIpc) is 2.25. The molecule has 0 radical (unpaired) electrons. The molecule has 2 heterocycles. The molecule has 0 spiro atoms. The fraction of sp³-hybridized carbons (Fsp3) is 0.385. The second-order valence-corrected chi connectivity index (χ2v) is 4.62. The first-order chi connectivity index (χ1) is 7.91. The molecule has 0 atom stereocenters. The molecule has 0 aromatic carbocycles. The highest BCUT2D eigenvalue weighted by Gasteiger charge is 2.17. The number of pyridine rings is 2. The molecule has 2 aliphatic heterocycles. The highest BCUT2D eigenvalue weighted by atomic mass is 19.1. The maximum atomic E-state index is 13.8. The average molecular weight is 234 g/mol. The van der Waals surface area contributed by atoms with Gasteiger partial charge in [0, 0.05) is 16.8 Å². The van der Waals surface area contributed by atoms with E-state index in [0.29, 0.717) is 28.2 Å². The highest BCUT2D eigenvalue weighted by Crippen LogP contribution is 2.26. The Morgan fingerprint density at radius 1 is 1.35 bits per heavy atom. The topological polar surface area (TPSA) is 45.8 Å². The number of fused-ring (bicyclic) bond motifs is 1. The lowest BCUT2D eigenvalue weighted by Gasteiger charge is -2.13. The largest absolute Gasteiger partial charge is 0.341 e. The summed E-state index contributed by atoms with van der Waals surface area (Å²) < 4.78 is 13.8. The molecule has 1 N–H and O–H groups in total. The number of aryl methyl sites for hydroxylation is 1. The summed E-state index contributed by atoms with van der Waals surface area (Å²) in [6.45, 7) is 7.18. The number of aromatic nitrogens is 2. The van der Waals surface area contributed by atoms with Gasteiger partial charge in [0.25, 0.3) is 5.56 Å². The van der Waals surface area contributed by atoms with Crippen LogP contribution in [-0.2, 0) is 0 Å². The van der Waals surface area contributed by atoms with Crippen LogP contribution in [0.2, 0.25) is 0 Å². The molecule has 0 fully saturated rings. The lowest BCUT2D eigenvalue weighted by atomic mass is 9.99. The molecule has 0 aliphatic carbocycles. The first kappa shape index (κ1) is 11.8. The van der Waals surface area contributed by atoms with E-state index in [1.165, 1.54) is 0 Å². The number of rotatable bonds is 1. The van der Waals surface area contributed by atoms with Crippen LogP contribution in [-0.4, -0.2) is 9.97 Å². The predicted octanol–water partition coefficient (Wildman–Crippen LogP) is 2.75. The third-order valence-electron chi connectivity index (χ3n) is 3.01. The second-order valence-electron chi connectivity index (χ2n) is 4.62. The van der Waals surface area contributed by atoms with Gasteiger partial charge in [-0.05, 0) is 31.4 Å². The van der Waals surface area contributed by atoms with Crippen LogP contribution in [0.15, 0.2) is 10.9 Å². The van der Waals surface area contributed by atoms with Gasteiger partial charge in [-0.15, -0.1) is 0 Å². The molecule has 0 aromatic rings. The number of hydrogen-bond donors (Lipinski definition) is 1. The molecule has 90 valence electrons. The van der Waals surface area contributed by atoms with Crippen molar-refractivity contribution in [1.82, 2.24) is 9.97 Å². The number of hydrogen-bond acceptors (Lipinski definition) is 2. The molecule has 17 heavy (non-hydrogen) atoms. The van der Waals surface area contributed by atoms with Gasteiger partial charge < -0.3 is 4.98 Å². The molecule has 0 saturated heterocycles. The van der Waals surface area contributed by atoms with Crippen molar-refractivity contribution in [3.8, 4) is 11.4 Å². The molecule has 0 amide bonds. The number of nitrogens with one attached hydrogen (secondary N) is 1. The molecule has 0 unspecified atom stereocenters. The van der Waals surface area contributed by atoms with Crippen LogP contribution >= 0.6 is 0 Å². The van der Waals surface area contributed by atoms with Gasteiger partial charge in [-0.2, -0.15) is 4.98 Å². The molecular weight excluding hydrogens is 219 g/mol. The molecule has 0 saturated carbocycles. The highest BCUT2D eigenvalue weighted by molar-refractivity contribution is 5.62. The number of halogens is 1. The Bertz CT molecular complexity index is 601. The van der Waals surface area contributed by atoms with Gasteiger partial charge in [0.15, 0.2) is 0 Å². The van der Waals surface area contributed by atoms with Gasteiger partial charge >= 0.3 is 0 Å². The first-order valence-corrected chi connectivity index (χ1v) is 5.61. The van der Waals surface area contributed by atoms with Crippen LogP contribution in [0.3, 0.4) is 0 Å². The standard InChI is InChI=1S/C13H15FN2O/c1-6(2)9-5-10-7(3)11(14)8(4)15-12(10)16-13(9)17/h5-6H,1-4H3,(H,15,16,17). The zero-order valence-electron chi connectivity index (χ0n) is 10.4. The van der Waals surface area contributed by atoms with Gasteiger partial charge in [-0.1, -0.05) is 13.8 Å². The second kappa shape index (κ2) is 3.95. The van der Waals surface area contributed by atoms with Gasteiger partial charge in [0.1, 0.15) is 11.6 Å². The van der Waals surface area contributed by atoms with E-state index in [-0.39, 0.29) is 17.3 Å². The number of H-pyrrole nitrogens is 1. The van der Waals surface area contributed by atoms with Crippen molar-refractivity contribution >= 4 is 0 Å². The van der Waals surface area contributed by atoms with Crippen LogP contribution in [0.5, 0.6) is 0 Å². The van der Waals surface area contributed by atoms with Crippen LogP contribution in [0.25, 0.3) is 11.4 Å². The monoisotopic (exact) mass is 234 g/mol. The lowest BCUT2D eigenvalue weighted by Crippen LogP contribution is -2.17. The van der Waals surface area contributed by atoms with Gasteiger partial charge in [0.05, 0.1) is 0 Å². The van der Waals surface area contributed by atoms with E-state index in [1.807, 2.05) is 13.8 Å². The molecule has 4 heteroatoms. The fourth-order valence-electron chi connectivity index (χ4n) is 1.94. The van der Waals surface area contributed by atoms with Gasteiger partial charge in [-0.25, -0.2) is 4.39 Å². The first-order valence-electron chi connectivity index (χ1n) is 5.61. The molecule has 2 aliphatic rings. The summed E-state index contributed by atoms with van der Waals surface area (Å²) in [7, 11) is 0. The molecule has 3 nitrogen and oxygen atoms in total. The van der Waals surface area contributed by atoms with E-state index < -0.39 is 0 Å². The van der Waals surface area contributed by atoms with E-state index in [0.717, 1.165) is 0 Å². The van der Waals surface area contributed by atoms with Crippen molar-refractivity contribution < 1.29 is 4.39 Å². The van der Waals surface area contributed by atoms with Crippen LogP contribution in [0.1, 0.15) is 36.6 Å². The van der Waals surface area contributed by atoms with E-state index in [9.17, 15) is 9.18 Å². The van der Waals surface area contributed by atoms with Crippen LogP contribution in [0, 0.1) is 19.7 Å². The molecule has 0 bridgehead atoms. The zero-order valence-corrected chi connectivity index (χ0v) is 10.4. The summed E-state index contributed by atoms with van der Waals surface area (Å²) in [5, 5.41) is 0. The van der Waals surface area contributed by atoms with Gasteiger partial charge in [0.2, 0.25) is 0 Å². The predicted molar refractivity (Wildman–Crippen MR) is 65.0 cm³/mol. The Kier molecular flexibility index (Phi) is 2.73. The van der Waals surface area contributed by atoms with Crippen molar-refractivity contribution in [1.29, 1.82) is 0 Å². The molecule has 2 rings (SSSR count). The molecule has 0 aromatic heterocycles.